The van der Waals surface area contributed by atoms with Gasteiger partial charge in [0.1, 0.15) is 0 Å². The van der Waals surface area contributed by atoms with Crippen LogP contribution in [0.2, 0.25) is 0 Å². The van der Waals surface area contributed by atoms with Gasteiger partial charge < -0.3 is 0 Å². The summed E-state index contributed by atoms with van der Waals surface area (Å²) < 4.78 is 8.17. The summed E-state index contributed by atoms with van der Waals surface area (Å²) in [6, 6.07) is 4.48. The van der Waals surface area contributed by atoms with Crippen LogP contribution < -0.4 is 0 Å². The molecule has 1 aromatic rings. The molecule has 0 bridgehead atoms. The lowest BCUT2D eigenvalue weighted by Crippen LogP contribution is -1.90. The second-order valence-corrected chi connectivity index (χ2v) is 3.49. The monoisotopic (exact) mass is 215 g/mol. The third kappa shape index (κ3) is 3.55. The van der Waals surface area contributed by atoms with Crippen molar-refractivity contribution in [3.05, 3.63) is 34.4 Å². The van der Waals surface area contributed by atoms with Gasteiger partial charge >= 0.3 is 9.12 Å². The SMILES string of the molecule is Cc1cc(C)c(CP)c(C)c1.O=[PH2+]. The molecule has 0 N–H and O–H groups in total. The standard InChI is InChI=1S/C10H15P.H2OP/c1-7-4-8(2)10(6-11)9(3)5-7;1-2/h4-5H,6,11H2,1-3H3;2H2/q;+1. The van der Waals surface area contributed by atoms with Crippen LogP contribution in [0.5, 0.6) is 0 Å². The molecule has 13 heavy (non-hydrogen) atoms. The predicted octanol–water partition coefficient (Wildman–Crippen LogP) is 3.19. The Bertz CT molecular complexity index is 261. The summed E-state index contributed by atoms with van der Waals surface area (Å²) in [5, 5.41) is 0. The van der Waals surface area contributed by atoms with Gasteiger partial charge in [0.25, 0.3) is 0 Å². The fraction of sp³-hybridized carbons (Fsp3) is 0.400. The summed E-state index contributed by atoms with van der Waals surface area (Å²) >= 11 is 0. The minimum atomic E-state index is 1.07. The third-order valence-electron chi connectivity index (χ3n) is 2.04. The Morgan fingerprint density at radius 2 is 1.54 bits per heavy atom. The highest BCUT2D eigenvalue weighted by atomic mass is 31.0. The molecule has 1 rings (SSSR count). The first kappa shape index (κ1) is 12.8. The van der Waals surface area contributed by atoms with Crippen LogP contribution in [-0.2, 0) is 10.7 Å². The maximum absolute atomic E-state index is 8.17. The number of hydrogen-bond donors (Lipinski definition) is 0. The van der Waals surface area contributed by atoms with Gasteiger partial charge in [-0.25, -0.2) is 0 Å². The Labute approximate surface area is 84.8 Å². The molecule has 72 valence electrons. The number of rotatable bonds is 1. The maximum atomic E-state index is 8.17. The largest absolute Gasteiger partial charge is 0.310 e. The molecule has 0 spiro atoms. The van der Waals surface area contributed by atoms with E-state index in [2.05, 4.69) is 42.1 Å². The van der Waals surface area contributed by atoms with Gasteiger partial charge in [0.2, 0.25) is 0 Å². The lowest BCUT2D eigenvalue weighted by atomic mass is 10.0. The fourth-order valence-corrected chi connectivity index (χ4v) is 2.18. The number of aryl methyl sites for hydroxylation is 3. The highest BCUT2D eigenvalue weighted by Gasteiger charge is 1.99. The Kier molecular flexibility index (Phi) is 6.12. The molecule has 3 heteroatoms. The molecule has 2 unspecified atom stereocenters. The molecule has 0 radical (unpaired) electrons. The highest BCUT2D eigenvalue weighted by Crippen LogP contribution is 2.18. The van der Waals surface area contributed by atoms with E-state index in [0.717, 1.165) is 6.16 Å². The topological polar surface area (TPSA) is 17.1 Å². The summed E-state index contributed by atoms with van der Waals surface area (Å²) in [6.45, 7) is 6.51. The second-order valence-electron chi connectivity index (χ2n) is 3.08. The molecule has 0 amide bonds. The van der Waals surface area contributed by atoms with Crippen molar-refractivity contribution in [2.75, 3.05) is 0 Å². The van der Waals surface area contributed by atoms with E-state index in [4.69, 9.17) is 4.57 Å². The van der Waals surface area contributed by atoms with Crippen molar-refractivity contribution in [2.45, 2.75) is 26.9 Å². The van der Waals surface area contributed by atoms with Crippen molar-refractivity contribution in [1.82, 2.24) is 0 Å². The quantitative estimate of drug-likeness (QED) is 0.657. The molecule has 0 heterocycles. The normalized spacial score (nSPS) is 8.92. The molecule has 1 aromatic carbocycles. The Hall–Kier alpha value is -0.250. The molecule has 0 aliphatic carbocycles. The smallest absolute Gasteiger partial charge is 0.133 e. The summed E-state index contributed by atoms with van der Waals surface area (Å²) in [7, 11) is 3.94. The van der Waals surface area contributed by atoms with Crippen LogP contribution in [-0.4, -0.2) is 0 Å². The van der Waals surface area contributed by atoms with Gasteiger partial charge in [0.05, 0.1) is 0 Å². The fourth-order valence-electron chi connectivity index (χ4n) is 1.53. The van der Waals surface area contributed by atoms with Crippen molar-refractivity contribution in [1.29, 1.82) is 0 Å². The molecule has 0 aromatic heterocycles. The summed E-state index contributed by atoms with van der Waals surface area (Å²) in [5.41, 5.74) is 5.66. The molecule has 0 aliphatic rings. The zero-order valence-electron chi connectivity index (χ0n) is 8.42. The van der Waals surface area contributed by atoms with Crippen molar-refractivity contribution in [3.63, 3.8) is 0 Å². The average Bonchev–Trinajstić information content (AvgIpc) is 2.07. The molecule has 1 nitrogen and oxygen atoms in total. The van der Waals surface area contributed by atoms with Crippen molar-refractivity contribution < 1.29 is 4.57 Å². The Morgan fingerprint density at radius 3 is 1.85 bits per heavy atom. The van der Waals surface area contributed by atoms with E-state index >= 15 is 0 Å². The zero-order chi connectivity index (χ0) is 10.4. The van der Waals surface area contributed by atoms with Crippen LogP contribution in [0.1, 0.15) is 22.3 Å². The molecule has 2 atom stereocenters. The van der Waals surface area contributed by atoms with E-state index in [-0.39, 0.29) is 0 Å². The summed E-state index contributed by atoms with van der Waals surface area (Å²) in [6.07, 6.45) is 1.07. The van der Waals surface area contributed by atoms with Crippen molar-refractivity contribution in [3.8, 4) is 0 Å². The lowest BCUT2D eigenvalue weighted by Gasteiger charge is -2.07. The van der Waals surface area contributed by atoms with E-state index in [9.17, 15) is 0 Å². The first-order valence-electron chi connectivity index (χ1n) is 4.15. The average molecular weight is 215 g/mol. The summed E-state index contributed by atoms with van der Waals surface area (Å²) in [4.78, 5) is 0. The van der Waals surface area contributed by atoms with Crippen LogP contribution in [0, 0.1) is 20.8 Å². The van der Waals surface area contributed by atoms with Crippen LogP contribution in [0.25, 0.3) is 0 Å². The molecule has 0 saturated heterocycles. The van der Waals surface area contributed by atoms with E-state index < -0.39 is 0 Å². The van der Waals surface area contributed by atoms with Crippen molar-refractivity contribution >= 4 is 18.4 Å². The Balaban J connectivity index is 0.000000671. The number of hydrogen-bond acceptors (Lipinski definition) is 1. The van der Waals surface area contributed by atoms with Crippen LogP contribution in [0.15, 0.2) is 12.1 Å². The third-order valence-corrected chi connectivity index (χ3v) is 2.45. The molecule has 0 fully saturated rings. The molecular weight excluding hydrogens is 198 g/mol. The second kappa shape index (κ2) is 6.24. The first-order chi connectivity index (χ1) is 6.15. The predicted molar refractivity (Wildman–Crippen MR) is 64.5 cm³/mol. The van der Waals surface area contributed by atoms with Crippen LogP contribution in [0.4, 0.5) is 0 Å². The van der Waals surface area contributed by atoms with E-state index in [1.165, 1.54) is 31.4 Å². The maximum Gasteiger partial charge on any atom is 0.310 e. The lowest BCUT2D eigenvalue weighted by molar-refractivity contribution is 0.607. The minimum absolute atomic E-state index is 1.07. The van der Waals surface area contributed by atoms with Gasteiger partial charge in [0, 0.05) is 0 Å². The van der Waals surface area contributed by atoms with Crippen LogP contribution in [0.3, 0.4) is 0 Å². The number of benzene rings is 1. The van der Waals surface area contributed by atoms with Gasteiger partial charge in [0.15, 0.2) is 0 Å². The van der Waals surface area contributed by atoms with Gasteiger partial charge in [-0.1, -0.05) is 22.3 Å². The summed E-state index contributed by atoms with van der Waals surface area (Å²) in [5.74, 6) is 0. The Morgan fingerprint density at radius 1 is 1.15 bits per heavy atom. The molecular formula is C10H17OP2+. The van der Waals surface area contributed by atoms with Gasteiger partial charge in [-0.15, -0.1) is 9.24 Å². The van der Waals surface area contributed by atoms with E-state index in [1.54, 1.807) is 0 Å². The van der Waals surface area contributed by atoms with Gasteiger partial charge in [-0.05, 0) is 43.6 Å². The highest BCUT2D eigenvalue weighted by molar-refractivity contribution is 7.15. The van der Waals surface area contributed by atoms with Crippen LogP contribution >= 0.6 is 18.4 Å². The van der Waals surface area contributed by atoms with E-state index in [1.807, 2.05) is 0 Å². The first-order valence-corrected chi connectivity index (χ1v) is 5.44. The minimum Gasteiger partial charge on any atom is -0.133 e. The zero-order valence-corrected chi connectivity index (χ0v) is 10.7. The molecule has 0 aliphatic heterocycles. The van der Waals surface area contributed by atoms with Gasteiger partial charge in [-0.3, -0.25) is 0 Å². The molecule has 0 saturated carbocycles. The van der Waals surface area contributed by atoms with Crippen molar-refractivity contribution in [2.24, 2.45) is 0 Å². The van der Waals surface area contributed by atoms with E-state index in [0.29, 0.717) is 0 Å². The van der Waals surface area contributed by atoms with Gasteiger partial charge in [-0.2, -0.15) is 0 Å².